The van der Waals surface area contributed by atoms with Crippen molar-refractivity contribution in [3.8, 4) is 0 Å². The summed E-state index contributed by atoms with van der Waals surface area (Å²) in [6, 6.07) is 3.69. The van der Waals surface area contributed by atoms with Gasteiger partial charge in [-0.25, -0.2) is 15.0 Å². The molecule has 1 N–H and O–H groups in total. The van der Waals surface area contributed by atoms with Crippen molar-refractivity contribution in [3.63, 3.8) is 0 Å². The minimum Gasteiger partial charge on any atom is -0.392 e. The summed E-state index contributed by atoms with van der Waals surface area (Å²) in [5.41, 5.74) is 5.69. The summed E-state index contributed by atoms with van der Waals surface area (Å²) in [5, 5.41) is 10.4. The van der Waals surface area contributed by atoms with E-state index in [0.29, 0.717) is 5.02 Å². The summed E-state index contributed by atoms with van der Waals surface area (Å²) in [6.45, 7) is 7.87. The molecule has 1 aromatic carbocycles. The van der Waals surface area contributed by atoms with Crippen molar-refractivity contribution < 1.29 is 5.11 Å². The van der Waals surface area contributed by atoms with Gasteiger partial charge in [0.05, 0.1) is 34.2 Å². The summed E-state index contributed by atoms with van der Waals surface area (Å²) >= 11 is 6.44. The Bertz CT molecular complexity index is 988. The average Bonchev–Trinajstić information content (AvgIpc) is 3.08. The molecular formula is C20H24ClN5O. The van der Waals surface area contributed by atoms with Gasteiger partial charge in [-0.2, -0.15) is 0 Å². The van der Waals surface area contributed by atoms with Gasteiger partial charge in [0, 0.05) is 18.7 Å². The number of aromatic nitrogens is 4. The van der Waals surface area contributed by atoms with Gasteiger partial charge in [-0.3, -0.25) is 0 Å². The standard InChI is InChI=1S/C20H24ClN5O/c1-4-15-19(16(5-2)23-12(3)22-15)26-10-6-9-25-18-13(11-27)7-8-14(21)17(18)24-20(25)26/h7-8,27H,4-6,9-11H2,1-3H3. The molecule has 1 aliphatic heterocycles. The first-order valence-electron chi connectivity index (χ1n) is 9.51. The van der Waals surface area contributed by atoms with Crippen LogP contribution in [0.25, 0.3) is 11.0 Å². The number of imidazole rings is 1. The van der Waals surface area contributed by atoms with Gasteiger partial charge in [0.1, 0.15) is 11.3 Å². The number of nitrogens with zero attached hydrogens (tertiary/aromatic N) is 5. The van der Waals surface area contributed by atoms with Crippen molar-refractivity contribution in [2.24, 2.45) is 0 Å². The van der Waals surface area contributed by atoms with Gasteiger partial charge in [-0.05, 0) is 32.3 Å². The lowest BCUT2D eigenvalue weighted by Crippen LogP contribution is -2.30. The molecule has 0 fully saturated rings. The van der Waals surface area contributed by atoms with Crippen LogP contribution in [0.15, 0.2) is 12.1 Å². The molecule has 0 atom stereocenters. The summed E-state index contributed by atoms with van der Waals surface area (Å²) in [4.78, 5) is 16.5. The number of benzene rings is 1. The van der Waals surface area contributed by atoms with Crippen molar-refractivity contribution in [1.29, 1.82) is 0 Å². The summed E-state index contributed by atoms with van der Waals surface area (Å²) in [6.07, 6.45) is 2.66. The fourth-order valence-electron chi connectivity index (χ4n) is 4.00. The van der Waals surface area contributed by atoms with E-state index < -0.39 is 0 Å². The van der Waals surface area contributed by atoms with E-state index in [9.17, 15) is 5.11 Å². The maximum Gasteiger partial charge on any atom is 0.211 e. The Morgan fingerprint density at radius 1 is 1.07 bits per heavy atom. The lowest BCUT2D eigenvalue weighted by molar-refractivity contribution is 0.283. The largest absolute Gasteiger partial charge is 0.392 e. The molecule has 7 heteroatoms. The molecule has 0 bridgehead atoms. The van der Waals surface area contributed by atoms with Crippen molar-refractivity contribution in [2.45, 2.75) is 53.2 Å². The minimum atomic E-state index is -0.0349. The van der Waals surface area contributed by atoms with E-state index in [1.165, 1.54) is 0 Å². The van der Waals surface area contributed by atoms with Crippen molar-refractivity contribution in [2.75, 3.05) is 11.4 Å². The van der Waals surface area contributed by atoms with Crippen LogP contribution in [0.2, 0.25) is 5.02 Å². The van der Waals surface area contributed by atoms with E-state index in [0.717, 1.165) is 77.8 Å². The molecule has 0 saturated heterocycles. The van der Waals surface area contributed by atoms with Crippen molar-refractivity contribution >= 4 is 34.3 Å². The van der Waals surface area contributed by atoms with Gasteiger partial charge >= 0.3 is 0 Å². The predicted molar refractivity (Wildman–Crippen MR) is 108 cm³/mol. The average molecular weight is 386 g/mol. The molecular weight excluding hydrogens is 362 g/mol. The molecule has 0 radical (unpaired) electrons. The number of halogens is 1. The first kappa shape index (κ1) is 18.2. The second-order valence-electron chi connectivity index (χ2n) is 6.85. The number of hydrogen-bond donors (Lipinski definition) is 1. The Labute approximate surface area is 163 Å². The molecule has 0 aliphatic carbocycles. The second-order valence-corrected chi connectivity index (χ2v) is 7.26. The lowest BCUT2D eigenvalue weighted by Gasteiger charge is -2.31. The summed E-state index contributed by atoms with van der Waals surface area (Å²) in [5.74, 6) is 1.67. The number of aliphatic hydroxyl groups excluding tert-OH is 1. The molecule has 0 unspecified atom stereocenters. The number of aryl methyl sites for hydroxylation is 4. The first-order chi connectivity index (χ1) is 13.1. The number of fused-ring (bicyclic) bond motifs is 3. The molecule has 2 aromatic heterocycles. The molecule has 4 rings (SSSR count). The van der Waals surface area contributed by atoms with Crippen LogP contribution in [0.4, 0.5) is 11.6 Å². The van der Waals surface area contributed by atoms with E-state index in [4.69, 9.17) is 26.6 Å². The normalized spacial score (nSPS) is 14.0. The van der Waals surface area contributed by atoms with E-state index in [-0.39, 0.29) is 6.61 Å². The van der Waals surface area contributed by atoms with Gasteiger partial charge in [-0.1, -0.05) is 31.5 Å². The smallest absolute Gasteiger partial charge is 0.211 e. The van der Waals surface area contributed by atoms with Gasteiger partial charge in [0.25, 0.3) is 0 Å². The van der Waals surface area contributed by atoms with Crippen LogP contribution in [0, 0.1) is 6.92 Å². The summed E-state index contributed by atoms with van der Waals surface area (Å²) in [7, 11) is 0. The van der Waals surface area contributed by atoms with Gasteiger partial charge in [-0.15, -0.1) is 0 Å². The molecule has 0 amide bonds. The molecule has 27 heavy (non-hydrogen) atoms. The van der Waals surface area contributed by atoms with Crippen molar-refractivity contribution in [1.82, 2.24) is 19.5 Å². The zero-order valence-corrected chi connectivity index (χ0v) is 16.7. The predicted octanol–water partition coefficient (Wildman–Crippen LogP) is 3.95. The molecule has 142 valence electrons. The third kappa shape index (κ3) is 2.87. The second kappa shape index (κ2) is 7.09. The number of rotatable bonds is 4. The Morgan fingerprint density at radius 2 is 1.78 bits per heavy atom. The quantitative estimate of drug-likeness (QED) is 0.736. The van der Waals surface area contributed by atoms with Gasteiger partial charge < -0.3 is 14.6 Å². The van der Waals surface area contributed by atoms with E-state index in [1.54, 1.807) is 0 Å². The third-order valence-electron chi connectivity index (χ3n) is 5.16. The van der Waals surface area contributed by atoms with Gasteiger partial charge in [0.15, 0.2) is 0 Å². The maximum absolute atomic E-state index is 9.81. The molecule has 3 heterocycles. The van der Waals surface area contributed by atoms with Crippen LogP contribution in [-0.2, 0) is 26.0 Å². The molecule has 3 aromatic rings. The monoisotopic (exact) mass is 385 g/mol. The molecule has 0 spiro atoms. The topological polar surface area (TPSA) is 67.1 Å². The Hall–Kier alpha value is -2.18. The highest BCUT2D eigenvalue weighted by molar-refractivity contribution is 6.35. The molecule has 6 nitrogen and oxygen atoms in total. The van der Waals surface area contributed by atoms with E-state index in [2.05, 4.69) is 23.3 Å². The zero-order valence-electron chi connectivity index (χ0n) is 16.0. The van der Waals surface area contributed by atoms with Crippen LogP contribution < -0.4 is 4.90 Å². The van der Waals surface area contributed by atoms with E-state index in [1.807, 2.05) is 19.1 Å². The van der Waals surface area contributed by atoms with Crippen LogP contribution in [0.3, 0.4) is 0 Å². The molecule has 1 aliphatic rings. The Morgan fingerprint density at radius 3 is 2.41 bits per heavy atom. The third-order valence-corrected chi connectivity index (χ3v) is 5.47. The van der Waals surface area contributed by atoms with Crippen LogP contribution in [0.1, 0.15) is 43.0 Å². The van der Waals surface area contributed by atoms with Gasteiger partial charge in [0.2, 0.25) is 5.95 Å². The minimum absolute atomic E-state index is 0.0349. The zero-order chi connectivity index (χ0) is 19.1. The van der Waals surface area contributed by atoms with E-state index >= 15 is 0 Å². The van der Waals surface area contributed by atoms with Crippen LogP contribution in [-0.4, -0.2) is 31.2 Å². The summed E-state index contributed by atoms with van der Waals surface area (Å²) < 4.78 is 2.18. The maximum atomic E-state index is 9.81. The van der Waals surface area contributed by atoms with Crippen molar-refractivity contribution in [3.05, 3.63) is 39.9 Å². The highest BCUT2D eigenvalue weighted by Crippen LogP contribution is 2.38. The number of hydrogen-bond acceptors (Lipinski definition) is 5. The Kier molecular flexibility index (Phi) is 4.78. The highest BCUT2D eigenvalue weighted by Gasteiger charge is 2.28. The first-order valence-corrected chi connectivity index (χ1v) is 9.89. The highest BCUT2D eigenvalue weighted by atomic mass is 35.5. The van der Waals surface area contributed by atoms with Crippen LogP contribution >= 0.6 is 11.6 Å². The molecule has 0 saturated carbocycles. The Balaban J connectivity index is 1.98. The lowest BCUT2D eigenvalue weighted by atomic mass is 10.1. The SMILES string of the molecule is CCc1nc(C)nc(CC)c1N1CCCn2c1nc1c(Cl)ccc(CO)c12. The fourth-order valence-corrected chi connectivity index (χ4v) is 4.20. The van der Waals surface area contributed by atoms with Crippen LogP contribution in [0.5, 0.6) is 0 Å². The fraction of sp³-hybridized carbons (Fsp3) is 0.450. The number of anilines is 2. The number of aliphatic hydroxyl groups is 1.